The van der Waals surface area contributed by atoms with Crippen LogP contribution in [0.15, 0.2) is 29.6 Å². The van der Waals surface area contributed by atoms with Crippen LogP contribution < -0.4 is 10.0 Å². The number of carbonyl (C=O) groups is 1. The van der Waals surface area contributed by atoms with Gasteiger partial charge in [0.25, 0.3) is 0 Å². The molecule has 0 unspecified atom stereocenters. The molecule has 0 amide bonds. The molecule has 1 heterocycles. The Labute approximate surface area is 122 Å². The Morgan fingerprint density at radius 1 is 1.35 bits per heavy atom. The van der Waals surface area contributed by atoms with Crippen LogP contribution in [0.25, 0.3) is 10.6 Å². The van der Waals surface area contributed by atoms with Gasteiger partial charge in [-0.3, -0.25) is 0 Å². The van der Waals surface area contributed by atoms with Gasteiger partial charge in [-0.1, -0.05) is 18.2 Å². The summed E-state index contributed by atoms with van der Waals surface area (Å²) in [4.78, 5) is 16.4. The third-order valence-corrected chi connectivity index (χ3v) is 4.23. The maximum absolute atomic E-state index is 10.8. The molecule has 0 bridgehead atoms. The van der Waals surface area contributed by atoms with E-state index in [9.17, 15) is 9.90 Å². The summed E-state index contributed by atoms with van der Waals surface area (Å²) in [5.74, 6) is -1.23. The zero-order valence-corrected chi connectivity index (χ0v) is 12.5. The lowest BCUT2D eigenvalue weighted by molar-refractivity contribution is -0.910. The van der Waals surface area contributed by atoms with E-state index in [-0.39, 0.29) is 5.69 Å². The zero-order chi connectivity index (χ0) is 14.5. The molecule has 20 heavy (non-hydrogen) atoms. The molecule has 0 saturated heterocycles. The Morgan fingerprint density at radius 2 is 2.10 bits per heavy atom. The van der Waals surface area contributed by atoms with E-state index in [0.717, 1.165) is 30.2 Å². The third-order valence-electron chi connectivity index (χ3n) is 3.34. The van der Waals surface area contributed by atoms with Gasteiger partial charge in [0.05, 0.1) is 24.8 Å². The van der Waals surface area contributed by atoms with Gasteiger partial charge in [-0.2, -0.15) is 0 Å². The fourth-order valence-corrected chi connectivity index (χ4v) is 2.89. The van der Waals surface area contributed by atoms with Crippen molar-refractivity contribution < 1.29 is 14.8 Å². The van der Waals surface area contributed by atoms with Crippen LogP contribution in [0, 0.1) is 0 Å². The molecule has 0 radical (unpaired) electrons. The number of aromatic carboxylic acids is 1. The fourth-order valence-electron chi connectivity index (χ4n) is 2.10. The largest absolute Gasteiger partial charge is 0.543 e. The quantitative estimate of drug-likeness (QED) is 0.847. The molecule has 0 aliphatic heterocycles. The van der Waals surface area contributed by atoms with Crippen LogP contribution >= 0.6 is 11.3 Å². The number of carboxylic acid groups (broad SMARTS) is 1. The van der Waals surface area contributed by atoms with Crippen molar-refractivity contribution in [3.05, 3.63) is 40.9 Å². The minimum atomic E-state index is -1.23. The molecule has 5 heteroatoms. The van der Waals surface area contributed by atoms with Crippen LogP contribution in [0.4, 0.5) is 0 Å². The molecule has 1 aromatic carbocycles. The minimum Gasteiger partial charge on any atom is -0.543 e. The predicted molar refractivity (Wildman–Crippen MR) is 77.6 cm³/mol. The SMILES string of the molecule is CC[NH+](CC)Cc1cccc(-c2nc(C(=O)[O-])cs2)c1. The lowest BCUT2D eigenvalue weighted by Crippen LogP contribution is -3.10. The molecule has 1 N–H and O–H groups in total. The zero-order valence-electron chi connectivity index (χ0n) is 11.7. The number of nitrogens with one attached hydrogen (secondary N) is 1. The molecule has 0 atom stereocenters. The van der Waals surface area contributed by atoms with Crippen LogP contribution in [0.1, 0.15) is 29.9 Å². The molecule has 2 rings (SSSR count). The van der Waals surface area contributed by atoms with Gasteiger partial charge in [0.1, 0.15) is 11.6 Å². The number of benzene rings is 1. The van der Waals surface area contributed by atoms with Gasteiger partial charge in [0.15, 0.2) is 0 Å². The summed E-state index contributed by atoms with van der Waals surface area (Å²) in [6, 6.07) is 8.14. The molecule has 0 fully saturated rings. The first-order valence-corrected chi connectivity index (χ1v) is 7.61. The molecule has 0 spiro atoms. The van der Waals surface area contributed by atoms with Crippen LogP contribution in [-0.4, -0.2) is 24.0 Å². The topological polar surface area (TPSA) is 57.5 Å². The maximum Gasteiger partial charge on any atom is 0.124 e. The summed E-state index contributed by atoms with van der Waals surface area (Å²) in [6.07, 6.45) is 0. The summed E-state index contributed by atoms with van der Waals surface area (Å²) in [7, 11) is 0. The summed E-state index contributed by atoms with van der Waals surface area (Å²) in [5.41, 5.74) is 2.21. The maximum atomic E-state index is 10.8. The van der Waals surface area contributed by atoms with Gasteiger partial charge in [0.2, 0.25) is 0 Å². The molecule has 2 aromatic rings. The highest BCUT2D eigenvalue weighted by Crippen LogP contribution is 2.24. The molecule has 4 nitrogen and oxygen atoms in total. The van der Waals surface area contributed by atoms with Gasteiger partial charge in [-0.05, 0) is 19.9 Å². The molecule has 0 saturated carbocycles. The summed E-state index contributed by atoms with van der Waals surface area (Å²) < 4.78 is 0. The second-order valence-corrected chi connectivity index (χ2v) is 5.52. The second kappa shape index (κ2) is 6.63. The Bertz CT molecular complexity index is 591. The number of nitrogens with zero attached hydrogens (tertiary/aromatic N) is 1. The van der Waals surface area contributed by atoms with Gasteiger partial charge < -0.3 is 14.8 Å². The Hall–Kier alpha value is -1.72. The van der Waals surface area contributed by atoms with Crippen molar-refractivity contribution in [1.82, 2.24) is 4.98 Å². The fraction of sp³-hybridized carbons (Fsp3) is 0.333. The van der Waals surface area contributed by atoms with Gasteiger partial charge in [-0.25, -0.2) is 4.98 Å². The van der Waals surface area contributed by atoms with Crippen LogP contribution in [0.2, 0.25) is 0 Å². The molecule has 0 aliphatic carbocycles. The van der Waals surface area contributed by atoms with E-state index in [2.05, 4.69) is 31.0 Å². The Balaban J connectivity index is 2.22. The molecular formula is C15H18N2O2S. The van der Waals surface area contributed by atoms with E-state index in [0.29, 0.717) is 0 Å². The average Bonchev–Trinajstić information content (AvgIpc) is 2.95. The van der Waals surface area contributed by atoms with E-state index < -0.39 is 5.97 Å². The summed E-state index contributed by atoms with van der Waals surface area (Å²) >= 11 is 1.33. The van der Waals surface area contributed by atoms with Gasteiger partial charge in [-0.15, -0.1) is 11.3 Å². The lowest BCUT2D eigenvalue weighted by atomic mass is 10.1. The first-order valence-electron chi connectivity index (χ1n) is 6.73. The molecular weight excluding hydrogens is 272 g/mol. The number of carbonyl (C=O) groups excluding carboxylic acids is 1. The lowest BCUT2D eigenvalue weighted by Gasteiger charge is -2.15. The normalized spacial score (nSPS) is 10.9. The van der Waals surface area contributed by atoms with Crippen LogP contribution in [0.3, 0.4) is 0 Å². The van der Waals surface area contributed by atoms with Crippen molar-refractivity contribution in [2.75, 3.05) is 13.1 Å². The third kappa shape index (κ3) is 3.43. The number of hydrogen-bond acceptors (Lipinski definition) is 4. The van der Waals surface area contributed by atoms with Crippen molar-refractivity contribution in [3.63, 3.8) is 0 Å². The van der Waals surface area contributed by atoms with Crippen LogP contribution in [-0.2, 0) is 6.54 Å². The Morgan fingerprint density at radius 3 is 2.70 bits per heavy atom. The number of rotatable bonds is 6. The van der Waals surface area contributed by atoms with E-state index in [1.165, 1.54) is 27.2 Å². The highest BCUT2D eigenvalue weighted by molar-refractivity contribution is 7.13. The number of quaternary nitrogens is 1. The molecule has 1 aromatic heterocycles. The number of aromatic nitrogens is 1. The van der Waals surface area contributed by atoms with Crippen molar-refractivity contribution in [2.45, 2.75) is 20.4 Å². The summed E-state index contributed by atoms with van der Waals surface area (Å²) in [6.45, 7) is 7.50. The smallest absolute Gasteiger partial charge is 0.124 e. The minimum absolute atomic E-state index is 0.00442. The van der Waals surface area contributed by atoms with E-state index in [1.807, 2.05) is 12.1 Å². The Kier molecular flexibility index (Phi) is 4.87. The number of carboxylic acids is 1. The standard InChI is InChI=1S/C15H18N2O2S/c1-3-17(4-2)9-11-6-5-7-12(8-11)14-16-13(10-20-14)15(18)19/h5-8,10H,3-4,9H2,1-2H3,(H,18,19). The van der Waals surface area contributed by atoms with E-state index in [4.69, 9.17) is 0 Å². The highest BCUT2D eigenvalue weighted by atomic mass is 32.1. The van der Waals surface area contributed by atoms with Crippen molar-refractivity contribution >= 4 is 17.3 Å². The predicted octanol–water partition coefficient (Wildman–Crippen LogP) is 0.598. The number of thiazole rings is 1. The van der Waals surface area contributed by atoms with Gasteiger partial charge in [0, 0.05) is 16.5 Å². The van der Waals surface area contributed by atoms with Gasteiger partial charge >= 0.3 is 0 Å². The van der Waals surface area contributed by atoms with Crippen molar-refractivity contribution in [3.8, 4) is 10.6 Å². The van der Waals surface area contributed by atoms with E-state index >= 15 is 0 Å². The number of hydrogen-bond donors (Lipinski definition) is 1. The van der Waals surface area contributed by atoms with Crippen molar-refractivity contribution in [1.29, 1.82) is 0 Å². The monoisotopic (exact) mass is 290 g/mol. The average molecular weight is 290 g/mol. The second-order valence-electron chi connectivity index (χ2n) is 4.66. The molecule has 0 aliphatic rings. The van der Waals surface area contributed by atoms with Crippen molar-refractivity contribution in [2.24, 2.45) is 0 Å². The molecule has 106 valence electrons. The first kappa shape index (κ1) is 14.7. The van der Waals surface area contributed by atoms with Crippen LogP contribution in [0.5, 0.6) is 0 Å². The first-order chi connectivity index (χ1) is 9.63. The summed E-state index contributed by atoms with van der Waals surface area (Å²) in [5, 5.41) is 13.0. The highest BCUT2D eigenvalue weighted by Gasteiger charge is 2.08. The van der Waals surface area contributed by atoms with E-state index in [1.54, 1.807) is 0 Å².